The smallest absolute Gasteiger partial charge is 0.251 e. The zero-order valence-corrected chi connectivity index (χ0v) is 15.0. The Kier molecular flexibility index (Phi) is 5.71. The summed E-state index contributed by atoms with van der Waals surface area (Å²) in [4.78, 5) is 14.9. The van der Waals surface area contributed by atoms with Gasteiger partial charge >= 0.3 is 0 Å². The first kappa shape index (κ1) is 17.5. The van der Waals surface area contributed by atoms with Crippen molar-refractivity contribution in [1.82, 2.24) is 10.2 Å². The van der Waals surface area contributed by atoms with Gasteiger partial charge in [-0.05, 0) is 68.2 Å². The van der Waals surface area contributed by atoms with Gasteiger partial charge in [-0.2, -0.15) is 0 Å². The van der Waals surface area contributed by atoms with Crippen molar-refractivity contribution in [1.29, 1.82) is 0 Å². The zero-order chi connectivity index (χ0) is 17.6. The number of hydrogen-bond acceptors (Lipinski definition) is 3. The molecule has 0 spiro atoms. The van der Waals surface area contributed by atoms with Gasteiger partial charge in [0, 0.05) is 12.1 Å². The quantitative estimate of drug-likeness (QED) is 0.871. The summed E-state index contributed by atoms with van der Waals surface area (Å²) in [7, 11) is 1.65. The predicted molar refractivity (Wildman–Crippen MR) is 99.8 cm³/mol. The standard InChI is InChI=1S/C21H26N2O2/c1-16(18-9-11-20(25-2)12-10-18)22-21(24)19-7-5-17(6-8-19)15-23-13-3-4-14-23/h5-12,16H,3-4,13-15H2,1-2H3,(H,22,24). The number of ether oxygens (including phenoxy) is 1. The van der Waals surface area contributed by atoms with E-state index in [9.17, 15) is 4.79 Å². The average molecular weight is 338 g/mol. The van der Waals surface area contributed by atoms with Crippen molar-refractivity contribution in [2.75, 3.05) is 20.2 Å². The number of nitrogens with zero attached hydrogens (tertiary/aromatic N) is 1. The Morgan fingerprint density at radius 1 is 1.08 bits per heavy atom. The number of carbonyl (C=O) groups is 1. The zero-order valence-electron chi connectivity index (χ0n) is 15.0. The average Bonchev–Trinajstić information content (AvgIpc) is 3.15. The molecule has 1 saturated heterocycles. The number of methoxy groups -OCH3 is 1. The molecule has 1 aliphatic heterocycles. The lowest BCUT2D eigenvalue weighted by Crippen LogP contribution is -2.26. The highest BCUT2D eigenvalue weighted by atomic mass is 16.5. The van der Waals surface area contributed by atoms with Gasteiger partial charge in [-0.25, -0.2) is 0 Å². The minimum absolute atomic E-state index is 0.0453. The number of benzene rings is 2. The first-order valence-electron chi connectivity index (χ1n) is 8.92. The Labute approximate surface area is 149 Å². The molecule has 1 fully saturated rings. The molecule has 0 radical (unpaired) electrons. The van der Waals surface area contributed by atoms with Crippen LogP contribution in [0.1, 0.15) is 47.3 Å². The van der Waals surface area contributed by atoms with Gasteiger partial charge in [0.1, 0.15) is 5.75 Å². The minimum atomic E-state index is -0.0531. The molecule has 2 aromatic carbocycles. The van der Waals surface area contributed by atoms with E-state index in [1.807, 2.05) is 43.3 Å². The van der Waals surface area contributed by atoms with E-state index in [1.54, 1.807) is 7.11 Å². The summed E-state index contributed by atoms with van der Waals surface area (Å²) in [6, 6.07) is 15.7. The van der Waals surface area contributed by atoms with Crippen molar-refractivity contribution in [3.8, 4) is 5.75 Å². The molecule has 1 heterocycles. The van der Waals surface area contributed by atoms with Crippen LogP contribution in [0.5, 0.6) is 5.75 Å². The van der Waals surface area contributed by atoms with Crippen LogP contribution in [0.4, 0.5) is 0 Å². The molecule has 1 amide bonds. The fourth-order valence-electron chi connectivity index (χ4n) is 3.22. The maximum absolute atomic E-state index is 12.5. The monoisotopic (exact) mass is 338 g/mol. The summed E-state index contributed by atoms with van der Waals surface area (Å²) >= 11 is 0. The number of rotatable bonds is 6. The number of carbonyl (C=O) groups excluding carboxylic acids is 1. The molecular formula is C21H26N2O2. The summed E-state index contributed by atoms with van der Waals surface area (Å²) in [6.07, 6.45) is 2.59. The van der Waals surface area contributed by atoms with Gasteiger partial charge < -0.3 is 10.1 Å². The Morgan fingerprint density at radius 3 is 2.32 bits per heavy atom. The molecule has 4 heteroatoms. The summed E-state index contributed by atoms with van der Waals surface area (Å²) < 4.78 is 5.17. The Balaban J connectivity index is 1.58. The van der Waals surface area contributed by atoms with E-state index in [-0.39, 0.29) is 11.9 Å². The molecule has 2 aromatic rings. The van der Waals surface area contributed by atoms with Gasteiger partial charge in [-0.1, -0.05) is 24.3 Å². The lowest BCUT2D eigenvalue weighted by molar-refractivity contribution is 0.0940. The van der Waals surface area contributed by atoms with E-state index in [1.165, 1.54) is 31.5 Å². The summed E-state index contributed by atoms with van der Waals surface area (Å²) in [6.45, 7) is 5.33. The lowest BCUT2D eigenvalue weighted by Gasteiger charge is -2.16. The SMILES string of the molecule is COc1ccc(C(C)NC(=O)c2ccc(CN3CCCC3)cc2)cc1. The first-order valence-corrected chi connectivity index (χ1v) is 8.92. The van der Waals surface area contributed by atoms with Crippen LogP contribution in [0, 0.1) is 0 Å². The van der Waals surface area contributed by atoms with Crippen LogP contribution in [-0.4, -0.2) is 31.0 Å². The number of nitrogens with one attached hydrogen (secondary N) is 1. The summed E-state index contributed by atoms with van der Waals surface area (Å²) in [5.41, 5.74) is 3.02. The van der Waals surface area contributed by atoms with Crippen molar-refractivity contribution in [2.45, 2.75) is 32.4 Å². The van der Waals surface area contributed by atoms with Crippen molar-refractivity contribution in [3.05, 3.63) is 65.2 Å². The van der Waals surface area contributed by atoms with Gasteiger partial charge in [0.2, 0.25) is 0 Å². The molecule has 1 atom stereocenters. The molecule has 25 heavy (non-hydrogen) atoms. The van der Waals surface area contributed by atoms with Crippen molar-refractivity contribution in [3.63, 3.8) is 0 Å². The van der Waals surface area contributed by atoms with E-state index in [2.05, 4.69) is 22.3 Å². The van der Waals surface area contributed by atoms with E-state index in [0.717, 1.165) is 17.9 Å². The van der Waals surface area contributed by atoms with E-state index < -0.39 is 0 Å². The van der Waals surface area contributed by atoms with Gasteiger partial charge in [0.05, 0.1) is 13.2 Å². The largest absolute Gasteiger partial charge is 0.497 e. The third-order valence-corrected chi connectivity index (χ3v) is 4.78. The van der Waals surface area contributed by atoms with E-state index in [4.69, 9.17) is 4.74 Å². The second-order valence-electron chi connectivity index (χ2n) is 6.65. The molecule has 3 rings (SSSR count). The van der Waals surface area contributed by atoms with Gasteiger partial charge in [0.15, 0.2) is 0 Å². The van der Waals surface area contributed by atoms with Crippen LogP contribution in [0.15, 0.2) is 48.5 Å². The van der Waals surface area contributed by atoms with Crippen LogP contribution in [-0.2, 0) is 6.54 Å². The van der Waals surface area contributed by atoms with Gasteiger partial charge in [-0.3, -0.25) is 9.69 Å². The third-order valence-electron chi connectivity index (χ3n) is 4.78. The van der Waals surface area contributed by atoms with E-state index >= 15 is 0 Å². The molecule has 1 aliphatic rings. The molecule has 1 N–H and O–H groups in total. The Morgan fingerprint density at radius 2 is 1.72 bits per heavy atom. The molecule has 132 valence electrons. The number of hydrogen-bond donors (Lipinski definition) is 1. The van der Waals surface area contributed by atoms with Crippen LogP contribution >= 0.6 is 0 Å². The lowest BCUT2D eigenvalue weighted by atomic mass is 10.1. The van der Waals surface area contributed by atoms with Gasteiger partial charge in [-0.15, -0.1) is 0 Å². The Hall–Kier alpha value is -2.33. The number of likely N-dealkylation sites (tertiary alicyclic amines) is 1. The Bertz CT molecular complexity index is 689. The number of amides is 1. The third kappa shape index (κ3) is 4.60. The molecule has 0 saturated carbocycles. The topological polar surface area (TPSA) is 41.6 Å². The molecule has 1 unspecified atom stereocenters. The van der Waals surface area contributed by atoms with Crippen LogP contribution in [0.25, 0.3) is 0 Å². The molecule has 4 nitrogen and oxygen atoms in total. The van der Waals surface area contributed by atoms with Crippen molar-refractivity contribution >= 4 is 5.91 Å². The highest BCUT2D eigenvalue weighted by molar-refractivity contribution is 5.94. The van der Waals surface area contributed by atoms with E-state index in [0.29, 0.717) is 5.56 Å². The highest BCUT2D eigenvalue weighted by Crippen LogP contribution is 2.18. The first-order chi connectivity index (χ1) is 12.2. The normalized spacial score (nSPS) is 15.8. The van der Waals surface area contributed by atoms with Crippen LogP contribution in [0.3, 0.4) is 0 Å². The molecule has 0 aliphatic carbocycles. The fourth-order valence-corrected chi connectivity index (χ4v) is 3.22. The minimum Gasteiger partial charge on any atom is -0.497 e. The van der Waals surface area contributed by atoms with Crippen LogP contribution in [0.2, 0.25) is 0 Å². The van der Waals surface area contributed by atoms with Gasteiger partial charge in [0.25, 0.3) is 5.91 Å². The fraction of sp³-hybridized carbons (Fsp3) is 0.381. The summed E-state index contributed by atoms with van der Waals surface area (Å²) in [5.74, 6) is 0.770. The van der Waals surface area contributed by atoms with Crippen LogP contribution < -0.4 is 10.1 Å². The molecule has 0 bridgehead atoms. The highest BCUT2D eigenvalue weighted by Gasteiger charge is 2.14. The maximum Gasteiger partial charge on any atom is 0.251 e. The van der Waals surface area contributed by atoms with Crippen molar-refractivity contribution in [2.24, 2.45) is 0 Å². The second kappa shape index (κ2) is 8.17. The maximum atomic E-state index is 12.5. The summed E-state index contributed by atoms with van der Waals surface area (Å²) in [5, 5.41) is 3.05. The molecular weight excluding hydrogens is 312 g/mol. The molecule has 0 aromatic heterocycles. The van der Waals surface area contributed by atoms with Crippen molar-refractivity contribution < 1.29 is 9.53 Å². The second-order valence-corrected chi connectivity index (χ2v) is 6.65. The predicted octanol–water partition coefficient (Wildman–Crippen LogP) is 3.78.